The van der Waals surface area contributed by atoms with E-state index < -0.39 is 23.9 Å². The van der Waals surface area contributed by atoms with Crippen LogP contribution in [0.15, 0.2) is 60.7 Å². The van der Waals surface area contributed by atoms with E-state index in [1.807, 2.05) is 0 Å². The van der Waals surface area contributed by atoms with Crippen LogP contribution in [0, 0.1) is 5.92 Å². The molecule has 0 saturated carbocycles. The number of esters is 1. The Morgan fingerprint density at radius 1 is 1.03 bits per heavy atom. The first-order valence-corrected chi connectivity index (χ1v) is 9.45. The van der Waals surface area contributed by atoms with Gasteiger partial charge < -0.3 is 4.74 Å². The molecule has 3 rings (SSSR count). The van der Waals surface area contributed by atoms with Crippen molar-refractivity contribution < 1.29 is 23.9 Å². The summed E-state index contributed by atoms with van der Waals surface area (Å²) in [7, 11) is 0. The summed E-state index contributed by atoms with van der Waals surface area (Å²) in [5, 5.41) is 1.13. The zero-order chi connectivity index (χ0) is 20.8. The van der Waals surface area contributed by atoms with Gasteiger partial charge in [-0.1, -0.05) is 55.5 Å². The number of nitrogens with zero attached hydrogens (tertiary/aromatic N) is 1. The minimum absolute atomic E-state index is 0.00615. The fourth-order valence-electron chi connectivity index (χ4n) is 3.10. The highest BCUT2D eigenvalue weighted by Crippen LogP contribution is 2.20. The van der Waals surface area contributed by atoms with Crippen LogP contribution in [-0.4, -0.2) is 41.2 Å². The molecule has 150 valence electrons. The van der Waals surface area contributed by atoms with Crippen molar-refractivity contribution in [2.75, 3.05) is 6.54 Å². The van der Waals surface area contributed by atoms with Gasteiger partial charge in [-0.05, 0) is 18.6 Å². The lowest BCUT2D eigenvalue weighted by molar-refractivity contribution is -0.151. The van der Waals surface area contributed by atoms with Crippen molar-refractivity contribution >= 4 is 23.6 Å². The Balaban J connectivity index is 1.59. The second-order valence-electron chi connectivity index (χ2n) is 6.78. The molecule has 0 unspecified atom stereocenters. The van der Waals surface area contributed by atoms with E-state index in [1.165, 1.54) is 0 Å². The topological polar surface area (TPSA) is 92.8 Å². The fraction of sp³-hybridized carbons (Fsp3) is 0.273. The molecule has 0 bridgehead atoms. The second-order valence-corrected chi connectivity index (χ2v) is 6.78. The number of amides is 2. The molecule has 0 radical (unpaired) electrons. The maximum atomic E-state index is 12.5. The molecular weight excluding hydrogens is 372 g/mol. The molecule has 7 nitrogen and oxygen atoms in total. The van der Waals surface area contributed by atoms with E-state index >= 15 is 0 Å². The highest BCUT2D eigenvalue weighted by atomic mass is 16.5. The standard InChI is InChI=1S/C22H22N2O5/c1-2-18(20(26)15-9-5-3-6-10-15)29-22(28)17-13-19(25)24(14-17)23-21(27)16-11-7-4-8-12-16/h3-12,17-18H,2,13-14H2,1H3,(H,23,27)/t17-,18-/m1/s1. The van der Waals surface area contributed by atoms with Crippen molar-refractivity contribution in [2.45, 2.75) is 25.9 Å². The molecule has 1 heterocycles. The van der Waals surface area contributed by atoms with Gasteiger partial charge in [0.05, 0.1) is 12.5 Å². The van der Waals surface area contributed by atoms with Gasteiger partial charge in [0.1, 0.15) is 0 Å². The Labute approximate surface area is 168 Å². The van der Waals surface area contributed by atoms with Gasteiger partial charge in [-0.3, -0.25) is 29.6 Å². The van der Waals surface area contributed by atoms with Gasteiger partial charge in [0.25, 0.3) is 5.91 Å². The van der Waals surface area contributed by atoms with Crippen molar-refractivity contribution in [3.8, 4) is 0 Å². The third-order valence-corrected chi connectivity index (χ3v) is 4.71. The predicted molar refractivity (Wildman–Crippen MR) is 105 cm³/mol. The first-order valence-electron chi connectivity index (χ1n) is 9.45. The molecule has 0 aromatic heterocycles. The number of hydrogen-bond donors (Lipinski definition) is 1. The summed E-state index contributed by atoms with van der Waals surface area (Å²) >= 11 is 0. The highest BCUT2D eigenvalue weighted by Gasteiger charge is 2.38. The summed E-state index contributed by atoms with van der Waals surface area (Å²) in [5.41, 5.74) is 3.39. The van der Waals surface area contributed by atoms with Crippen molar-refractivity contribution in [1.82, 2.24) is 10.4 Å². The smallest absolute Gasteiger partial charge is 0.312 e. The van der Waals surface area contributed by atoms with Gasteiger partial charge in [-0.15, -0.1) is 0 Å². The van der Waals surface area contributed by atoms with Crippen LogP contribution < -0.4 is 5.43 Å². The molecule has 0 spiro atoms. The van der Waals surface area contributed by atoms with Crippen molar-refractivity contribution in [3.63, 3.8) is 0 Å². The summed E-state index contributed by atoms with van der Waals surface area (Å²) in [4.78, 5) is 49.5. The second kappa shape index (κ2) is 9.14. The molecule has 0 aliphatic carbocycles. The van der Waals surface area contributed by atoms with Crippen molar-refractivity contribution in [2.24, 2.45) is 5.92 Å². The molecule has 7 heteroatoms. The first kappa shape index (κ1) is 20.3. The molecule has 1 aliphatic heterocycles. The van der Waals surface area contributed by atoms with E-state index in [4.69, 9.17) is 4.74 Å². The normalized spacial score (nSPS) is 16.9. The number of Topliss-reactive ketones (excluding diaryl/α,β-unsaturated/α-hetero) is 1. The van der Waals surface area contributed by atoms with Gasteiger partial charge in [0.2, 0.25) is 11.7 Å². The van der Waals surface area contributed by atoms with Gasteiger partial charge >= 0.3 is 5.97 Å². The van der Waals surface area contributed by atoms with E-state index in [2.05, 4.69) is 5.43 Å². The van der Waals surface area contributed by atoms with E-state index in [-0.39, 0.29) is 24.7 Å². The highest BCUT2D eigenvalue weighted by molar-refractivity contribution is 6.01. The van der Waals surface area contributed by atoms with Crippen LogP contribution >= 0.6 is 0 Å². The molecule has 1 aliphatic rings. The lowest BCUT2D eigenvalue weighted by Gasteiger charge is -2.19. The van der Waals surface area contributed by atoms with Crippen molar-refractivity contribution in [1.29, 1.82) is 0 Å². The SMILES string of the molecule is CC[C@@H](OC(=O)[C@@H]1CC(=O)N(NC(=O)c2ccccc2)C1)C(=O)c1ccccc1. The molecular formula is C22H22N2O5. The number of hydrogen-bond acceptors (Lipinski definition) is 5. The summed E-state index contributed by atoms with van der Waals surface area (Å²) in [6.45, 7) is 1.76. The molecule has 1 N–H and O–H groups in total. The monoisotopic (exact) mass is 394 g/mol. The van der Waals surface area contributed by atoms with Crippen LogP contribution in [0.5, 0.6) is 0 Å². The molecule has 2 amide bonds. The summed E-state index contributed by atoms with van der Waals surface area (Å²) in [6.07, 6.45) is -0.661. The van der Waals surface area contributed by atoms with Crippen LogP contribution in [0.4, 0.5) is 0 Å². The summed E-state index contributed by atoms with van der Waals surface area (Å²) in [6, 6.07) is 17.1. The van der Waals surface area contributed by atoms with Gasteiger partial charge in [0, 0.05) is 17.5 Å². The summed E-state index contributed by atoms with van der Waals surface area (Å²) < 4.78 is 5.41. The van der Waals surface area contributed by atoms with Crippen LogP contribution in [0.25, 0.3) is 0 Å². The zero-order valence-corrected chi connectivity index (χ0v) is 16.0. The lowest BCUT2D eigenvalue weighted by atomic mass is 10.0. The molecule has 29 heavy (non-hydrogen) atoms. The maximum absolute atomic E-state index is 12.5. The average Bonchev–Trinajstić information content (AvgIpc) is 3.13. The molecule has 1 fully saturated rings. The van der Waals surface area contributed by atoms with Crippen LogP contribution in [0.2, 0.25) is 0 Å². The fourth-order valence-corrected chi connectivity index (χ4v) is 3.10. The lowest BCUT2D eigenvalue weighted by Crippen LogP contribution is -2.43. The number of ketones is 1. The number of benzene rings is 2. The van der Waals surface area contributed by atoms with E-state index in [0.29, 0.717) is 17.5 Å². The minimum atomic E-state index is -0.909. The number of hydrazine groups is 1. The number of ether oxygens (including phenoxy) is 1. The average molecular weight is 394 g/mol. The Morgan fingerprint density at radius 3 is 2.21 bits per heavy atom. The molecule has 1 saturated heterocycles. The maximum Gasteiger partial charge on any atom is 0.312 e. The predicted octanol–water partition coefficient (Wildman–Crippen LogP) is 2.38. The molecule has 2 aromatic carbocycles. The molecule has 2 aromatic rings. The largest absolute Gasteiger partial charge is 0.454 e. The van der Waals surface area contributed by atoms with Gasteiger partial charge in [0.15, 0.2) is 6.10 Å². The number of nitrogens with one attached hydrogen (secondary N) is 1. The van der Waals surface area contributed by atoms with Crippen molar-refractivity contribution in [3.05, 3.63) is 71.8 Å². The van der Waals surface area contributed by atoms with Crippen LogP contribution in [-0.2, 0) is 14.3 Å². The van der Waals surface area contributed by atoms with Gasteiger partial charge in [-0.2, -0.15) is 0 Å². The Kier molecular flexibility index (Phi) is 6.39. The summed E-state index contributed by atoms with van der Waals surface area (Å²) in [5.74, 6) is -2.44. The van der Waals surface area contributed by atoms with Crippen LogP contribution in [0.3, 0.4) is 0 Å². The first-order chi connectivity index (χ1) is 14.0. The quantitative estimate of drug-likeness (QED) is 0.575. The Bertz CT molecular complexity index is 898. The third-order valence-electron chi connectivity index (χ3n) is 4.71. The van der Waals surface area contributed by atoms with E-state index in [1.54, 1.807) is 67.6 Å². The minimum Gasteiger partial charge on any atom is -0.454 e. The number of rotatable bonds is 7. The number of carbonyl (C=O) groups is 4. The van der Waals surface area contributed by atoms with E-state index in [0.717, 1.165) is 5.01 Å². The molecule has 2 atom stereocenters. The zero-order valence-electron chi connectivity index (χ0n) is 16.0. The Hall–Kier alpha value is -3.48. The van der Waals surface area contributed by atoms with Crippen LogP contribution in [0.1, 0.15) is 40.5 Å². The third kappa shape index (κ3) is 4.87. The Morgan fingerprint density at radius 2 is 1.62 bits per heavy atom. The van der Waals surface area contributed by atoms with E-state index in [9.17, 15) is 19.2 Å². The number of carbonyl (C=O) groups excluding carboxylic acids is 4. The van der Waals surface area contributed by atoms with Gasteiger partial charge in [-0.25, -0.2) is 0 Å².